The van der Waals surface area contributed by atoms with Crippen molar-refractivity contribution in [3.05, 3.63) is 64.7 Å². The van der Waals surface area contributed by atoms with Gasteiger partial charge in [-0.1, -0.05) is 39.0 Å². The zero-order valence-corrected chi connectivity index (χ0v) is 14.6. The highest BCUT2D eigenvalue weighted by atomic mass is 32.1. The summed E-state index contributed by atoms with van der Waals surface area (Å²) in [5, 5.41) is -0.418. The third-order valence-electron chi connectivity index (χ3n) is 3.67. The molecule has 0 fully saturated rings. The molecule has 3 nitrogen and oxygen atoms in total. The van der Waals surface area contributed by atoms with Gasteiger partial charge in [0.25, 0.3) is 0 Å². The van der Waals surface area contributed by atoms with E-state index in [0.29, 0.717) is 16.7 Å². The summed E-state index contributed by atoms with van der Waals surface area (Å²) in [6.07, 6.45) is 0. The number of ketones is 1. The molecule has 23 heavy (non-hydrogen) atoms. The third kappa shape index (κ3) is 3.64. The fourth-order valence-corrected chi connectivity index (χ4v) is 2.65. The standard InChI is InChI=1S/C19H20O3S/c1-19(2,3)15-11-12(9-10-16(15)22-4)17(20)13-7-5-6-8-14(13)18(21)23/h5-11H,1-4H3,(H,21,23). The minimum Gasteiger partial charge on any atom is -0.496 e. The average Bonchev–Trinajstić information content (AvgIpc) is 2.52. The first-order chi connectivity index (χ1) is 10.8. The minimum absolute atomic E-state index is 0.166. The molecule has 0 spiro atoms. The van der Waals surface area contributed by atoms with Crippen LogP contribution in [0.1, 0.15) is 52.6 Å². The average molecular weight is 328 g/mol. The lowest BCUT2D eigenvalue weighted by molar-refractivity contribution is 0.102. The van der Waals surface area contributed by atoms with Gasteiger partial charge in [0, 0.05) is 22.3 Å². The predicted octanol–water partition coefficient (Wildman–Crippen LogP) is 4.29. The Labute approximate surface area is 142 Å². The summed E-state index contributed by atoms with van der Waals surface area (Å²) in [7, 11) is 1.61. The quantitative estimate of drug-likeness (QED) is 0.672. The molecular weight excluding hydrogens is 308 g/mol. The van der Waals surface area contributed by atoms with E-state index in [2.05, 4.69) is 33.4 Å². The van der Waals surface area contributed by atoms with E-state index in [4.69, 9.17) is 4.74 Å². The smallest absolute Gasteiger partial charge is 0.217 e. The first-order valence-electron chi connectivity index (χ1n) is 7.31. The number of thiol groups is 1. The van der Waals surface area contributed by atoms with Gasteiger partial charge in [-0.3, -0.25) is 9.59 Å². The number of carbonyl (C=O) groups is 2. The number of hydrogen-bond acceptors (Lipinski definition) is 3. The van der Waals surface area contributed by atoms with Crippen LogP contribution in [0.15, 0.2) is 42.5 Å². The highest BCUT2D eigenvalue weighted by Gasteiger charge is 2.22. The Morgan fingerprint density at radius 1 is 1.00 bits per heavy atom. The number of hydrogen-bond donors (Lipinski definition) is 1. The summed E-state index contributed by atoms with van der Waals surface area (Å²) >= 11 is 3.85. The Hall–Kier alpha value is -2.07. The maximum absolute atomic E-state index is 12.8. The summed E-state index contributed by atoms with van der Waals surface area (Å²) in [4.78, 5) is 24.4. The van der Waals surface area contributed by atoms with Gasteiger partial charge in [-0.2, -0.15) is 0 Å². The van der Waals surface area contributed by atoms with Crippen molar-refractivity contribution in [2.45, 2.75) is 26.2 Å². The Balaban J connectivity index is 2.55. The summed E-state index contributed by atoms with van der Waals surface area (Å²) in [6.45, 7) is 6.18. The van der Waals surface area contributed by atoms with Crippen molar-refractivity contribution in [3.63, 3.8) is 0 Å². The molecule has 0 radical (unpaired) electrons. The topological polar surface area (TPSA) is 43.4 Å². The van der Waals surface area contributed by atoms with E-state index >= 15 is 0 Å². The van der Waals surface area contributed by atoms with Crippen molar-refractivity contribution in [2.75, 3.05) is 7.11 Å². The fourth-order valence-electron chi connectivity index (χ4n) is 2.46. The summed E-state index contributed by atoms with van der Waals surface area (Å²) in [6, 6.07) is 12.1. The molecule has 2 aromatic rings. The van der Waals surface area contributed by atoms with E-state index in [9.17, 15) is 9.59 Å². The van der Waals surface area contributed by atoms with E-state index in [0.717, 1.165) is 11.3 Å². The number of methoxy groups -OCH3 is 1. The largest absolute Gasteiger partial charge is 0.496 e. The number of rotatable bonds is 4. The van der Waals surface area contributed by atoms with E-state index < -0.39 is 5.12 Å². The van der Waals surface area contributed by atoms with E-state index in [-0.39, 0.29) is 11.2 Å². The van der Waals surface area contributed by atoms with E-state index in [1.54, 1.807) is 43.5 Å². The molecule has 0 bridgehead atoms. The lowest BCUT2D eigenvalue weighted by Gasteiger charge is -2.22. The monoisotopic (exact) mass is 328 g/mol. The van der Waals surface area contributed by atoms with Crippen molar-refractivity contribution < 1.29 is 14.3 Å². The van der Waals surface area contributed by atoms with Crippen LogP contribution in [-0.2, 0) is 5.41 Å². The van der Waals surface area contributed by atoms with Crippen molar-refractivity contribution in [3.8, 4) is 5.75 Å². The van der Waals surface area contributed by atoms with Crippen molar-refractivity contribution in [2.24, 2.45) is 0 Å². The van der Waals surface area contributed by atoms with Crippen LogP contribution in [0.2, 0.25) is 0 Å². The Morgan fingerprint density at radius 2 is 1.61 bits per heavy atom. The molecule has 0 aliphatic rings. The highest BCUT2D eigenvalue weighted by molar-refractivity contribution is 7.97. The molecule has 0 saturated carbocycles. The second-order valence-electron chi connectivity index (χ2n) is 6.34. The Bertz CT molecular complexity index is 757. The van der Waals surface area contributed by atoms with Gasteiger partial charge in [-0.25, -0.2) is 0 Å². The normalized spacial score (nSPS) is 11.2. The number of benzene rings is 2. The van der Waals surface area contributed by atoms with Gasteiger partial charge < -0.3 is 4.74 Å². The van der Waals surface area contributed by atoms with Gasteiger partial charge in [-0.15, -0.1) is 12.6 Å². The van der Waals surface area contributed by atoms with Gasteiger partial charge in [0.1, 0.15) is 5.75 Å². The first-order valence-corrected chi connectivity index (χ1v) is 7.76. The molecule has 2 rings (SSSR count). The van der Waals surface area contributed by atoms with Crippen molar-refractivity contribution in [1.29, 1.82) is 0 Å². The Morgan fingerprint density at radius 3 is 2.13 bits per heavy atom. The van der Waals surface area contributed by atoms with Crippen LogP contribution >= 0.6 is 12.6 Å². The molecule has 0 aromatic heterocycles. The van der Waals surface area contributed by atoms with Crippen LogP contribution in [-0.4, -0.2) is 18.0 Å². The molecule has 0 atom stereocenters. The van der Waals surface area contributed by atoms with Gasteiger partial charge in [0.05, 0.1) is 7.11 Å². The fraction of sp³-hybridized carbons (Fsp3) is 0.263. The third-order valence-corrected chi connectivity index (χ3v) is 3.91. The lowest BCUT2D eigenvalue weighted by Crippen LogP contribution is -2.15. The van der Waals surface area contributed by atoms with Crippen LogP contribution in [0.3, 0.4) is 0 Å². The van der Waals surface area contributed by atoms with Gasteiger partial charge >= 0.3 is 0 Å². The molecular formula is C19H20O3S. The zero-order chi connectivity index (χ0) is 17.2. The van der Waals surface area contributed by atoms with E-state index in [1.165, 1.54) is 0 Å². The maximum atomic E-state index is 12.8. The number of ether oxygens (including phenoxy) is 1. The molecule has 0 aliphatic carbocycles. The molecule has 0 heterocycles. The SMILES string of the molecule is COc1ccc(C(=O)c2ccccc2C(=O)S)cc1C(C)(C)C. The van der Waals surface area contributed by atoms with Gasteiger partial charge in [-0.05, 0) is 29.7 Å². The van der Waals surface area contributed by atoms with Crippen LogP contribution in [0.4, 0.5) is 0 Å². The van der Waals surface area contributed by atoms with Crippen molar-refractivity contribution >= 4 is 23.5 Å². The summed E-state index contributed by atoms with van der Waals surface area (Å²) in [5.41, 5.74) is 1.98. The summed E-state index contributed by atoms with van der Waals surface area (Å²) < 4.78 is 5.40. The predicted molar refractivity (Wildman–Crippen MR) is 94.9 cm³/mol. The lowest BCUT2D eigenvalue weighted by atomic mass is 9.84. The van der Waals surface area contributed by atoms with Crippen LogP contribution in [0, 0.1) is 0 Å². The molecule has 120 valence electrons. The molecule has 2 aromatic carbocycles. The Kier molecular flexibility index (Phi) is 4.95. The molecule has 0 saturated heterocycles. The van der Waals surface area contributed by atoms with E-state index in [1.807, 2.05) is 6.07 Å². The second-order valence-corrected chi connectivity index (χ2v) is 6.75. The molecule has 0 unspecified atom stereocenters. The van der Waals surface area contributed by atoms with Crippen LogP contribution in [0.5, 0.6) is 5.75 Å². The van der Waals surface area contributed by atoms with Crippen LogP contribution in [0.25, 0.3) is 0 Å². The maximum Gasteiger partial charge on any atom is 0.217 e. The molecule has 0 N–H and O–H groups in total. The molecule has 4 heteroatoms. The minimum atomic E-state index is -0.418. The van der Waals surface area contributed by atoms with Crippen molar-refractivity contribution in [1.82, 2.24) is 0 Å². The van der Waals surface area contributed by atoms with Gasteiger partial charge in [0.15, 0.2) is 5.78 Å². The zero-order valence-electron chi connectivity index (χ0n) is 13.7. The molecule has 0 amide bonds. The number of carbonyl (C=O) groups excluding carboxylic acids is 2. The summed E-state index contributed by atoms with van der Waals surface area (Å²) in [5.74, 6) is 0.545. The van der Waals surface area contributed by atoms with Gasteiger partial charge in [0.2, 0.25) is 5.12 Å². The highest BCUT2D eigenvalue weighted by Crippen LogP contribution is 2.32. The first kappa shape index (κ1) is 17.3. The molecule has 0 aliphatic heterocycles. The second kappa shape index (κ2) is 6.59. The van der Waals surface area contributed by atoms with Crippen LogP contribution < -0.4 is 4.74 Å².